The molecule has 2 heterocycles. The van der Waals surface area contributed by atoms with E-state index in [-0.39, 0.29) is 0 Å². The Morgan fingerprint density at radius 3 is 2.79 bits per heavy atom. The summed E-state index contributed by atoms with van der Waals surface area (Å²) < 4.78 is 1.77. The lowest BCUT2D eigenvalue weighted by atomic mass is 10.2. The number of benzene rings is 1. The van der Waals surface area contributed by atoms with Crippen molar-refractivity contribution in [3.63, 3.8) is 0 Å². The van der Waals surface area contributed by atoms with E-state index in [1.165, 1.54) is 0 Å². The molecule has 0 aliphatic rings. The van der Waals surface area contributed by atoms with E-state index in [4.69, 9.17) is 28.9 Å². The van der Waals surface area contributed by atoms with Crippen molar-refractivity contribution in [3.8, 4) is 5.69 Å². The molecule has 96 valence electrons. The minimum Gasteiger partial charge on any atom is -0.369 e. The summed E-state index contributed by atoms with van der Waals surface area (Å²) in [7, 11) is 0. The summed E-state index contributed by atoms with van der Waals surface area (Å²) in [5.41, 5.74) is 9.15. The third-order valence-electron chi connectivity index (χ3n) is 2.95. The van der Waals surface area contributed by atoms with Crippen LogP contribution in [0.15, 0.2) is 30.6 Å². The number of anilines is 1. The van der Waals surface area contributed by atoms with Gasteiger partial charge in [0.2, 0.25) is 5.95 Å². The number of fused-ring (bicyclic) bond motifs is 1. The van der Waals surface area contributed by atoms with Crippen molar-refractivity contribution in [1.29, 1.82) is 0 Å². The molecule has 0 amide bonds. The molecule has 4 nitrogen and oxygen atoms in total. The van der Waals surface area contributed by atoms with E-state index in [2.05, 4.69) is 9.97 Å². The van der Waals surface area contributed by atoms with Crippen molar-refractivity contribution in [2.45, 2.75) is 6.92 Å². The number of imidazole rings is 1. The van der Waals surface area contributed by atoms with Gasteiger partial charge in [0.25, 0.3) is 0 Å². The Bertz CT molecular complexity index is 780. The Morgan fingerprint density at radius 1 is 1.21 bits per heavy atom. The number of nitrogens with two attached hydrogens (primary N) is 1. The third kappa shape index (κ3) is 1.93. The van der Waals surface area contributed by atoms with Crippen LogP contribution >= 0.6 is 23.2 Å². The van der Waals surface area contributed by atoms with Gasteiger partial charge in [-0.15, -0.1) is 0 Å². The number of aromatic nitrogens is 3. The molecule has 3 aromatic rings. The molecule has 0 saturated heterocycles. The fraction of sp³-hybridized carbons (Fsp3) is 0.0769. The first-order chi connectivity index (χ1) is 9.08. The molecular weight excluding hydrogens is 283 g/mol. The molecule has 1 aromatic carbocycles. The summed E-state index contributed by atoms with van der Waals surface area (Å²) in [4.78, 5) is 8.28. The van der Waals surface area contributed by atoms with Gasteiger partial charge in [-0.3, -0.25) is 9.55 Å². The van der Waals surface area contributed by atoms with Gasteiger partial charge in [0.15, 0.2) is 0 Å². The van der Waals surface area contributed by atoms with Gasteiger partial charge in [0, 0.05) is 11.2 Å². The Hall–Kier alpha value is -1.78. The summed E-state index contributed by atoms with van der Waals surface area (Å²) in [5, 5.41) is 1.21. The molecule has 0 spiro atoms. The minimum atomic E-state index is 0.352. The highest BCUT2D eigenvalue weighted by atomic mass is 35.5. The van der Waals surface area contributed by atoms with Crippen LogP contribution in [0.5, 0.6) is 0 Å². The lowest BCUT2D eigenvalue weighted by Crippen LogP contribution is -2.01. The summed E-state index contributed by atoms with van der Waals surface area (Å²) in [6.07, 6.45) is 3.34. The van der Waals surface area contributed by atoms with Crippen LogP contribution in [0.3, 0.4) is 0 Å². The van der Waals surface area contributed by atoms with Crippen molar-refractivity contribution in [1.82, 2.24) is 14.5 Å². The second-order valence-corrected chi connectivity index (χ2v) is 5.04. The van der Waals surface area contributed by atoms with Crippen LogP contribution in [0.25, 0.3) is 16.7 Å². The molecular formula is C13H10Cl2N4. The van der Waals surface area contributed by atoms with Gasteiger partial charge in [-0.05, 0) is 30.7 Å². The topological polar surface area (TPSA) is 56.7 Å². The van der Waals surface area contributed by atoms with Crippen LogP contribution in [0, 0.1) is 6.92 Å². The average Bonchev–Trinajstić information content (AvgIpc) is 2.70. The Morgan fingerprint density at radius 2 is 2.00 bits per heavy atom. The minimum absolute atomic E-state index is 0.352. The van der Waals surface area contributed by atoms with E-state index in [0.29, 0.717) is 27.2 Å². The van der Waals surface area contributed by atoms with Gasteiger partial charge in [-0.25, -0.2) is 4.98 Å². The fourth-order valence-electron chi connectivity index (χ4n) is 2.01. The standard InChI is InChI=1S/C13H10Cl2N4/c1-7-4-9(15)12(5-8(7)14)19-11-2-3-17-6-10(11)18-13(19)16/h2-6H,1H3,(H2,16,18). The van der Waals surface area contributed by atoms with E-state index in [1.54, 1.807) is 23.0 Å². The lowest BCUT2D eigenvalue weighted by Gasteiger charge is -2.10. The molecule has 3 rings (SSSR count). The summed E-state index contributed by atoms with van der Waals surface area (Å²) in [5.74, 6) is 0.352. The Labute approximate surface area is 119 Å². The maximum Gasteiger partial charge on any atom is 0.206 e. The summed E-state index contributed by atoms with van der Waals surface area (Å²) in [6.45, 7) is 1.90. The number of nitrogens with zero attached hydrogens (tertiary/aromatic N) is 3. The fourth-order valence-corrected chi connectivity index (χ4v) is 2.47. The monoisotopic (exact) mass is 292 g/mol. The maximum atomic E-state index is 6.29. The molecule has 0 aliphatic heterocycles. The van der Waals surface area contributed by atoms with E-state index < -0.39 is 0 Å². The first kappa shape index (κ1) is 12.3. The van der Waals surface area contributed by atoms with Crippen molar-refractivity contribution in [2.24, 2.45) is 0 Å². The van der Waals surface area contributed by atoms with E-state index in [0.717, 1.165) is 11.1 Å². The number of hydrogen-bond acceptors (Lipinski definition) is 3. The second kappa shape index (κ2) is 4.40. The van der Waals surface area contributed by atoms with Crippen LogP contribution in [0.4, 0.5) is 5.95 Å². The van der Waals surface area contributed by atoms with Crippen molar-refractivity contribution in [3.05, 3.63) is 46.2 Å². The molecule has 0 unspecified atom stereocenters. The average molecular weight is 293 g/mol. The molecule has 0 atom stereocenters. The van der Waals surface area contributed by atoms with E-state index in [1.807, 2.05) is 19.1 Å². The number of pyridine rings is 1. The zero-order valence-corrected chi connectivity index (χ0v) is 11.6. The van der Waals surface area contributed by atoms with Crippen LogP contribution in [-0.4, -0.2) is 14.5 Å². The SMILES string of the molecule is Cc1cc(Cl)c(-n2c(N)nc3cnccc32)cc1Cl. The lowest BCUT2D eigenvalue weighted by molar-refractivity contribution is 1.11. The predicted molar refractivity (Wildman–Crippen MR) is 78.0 cm³/mol. The number of nitrogen functional groups attached to an aromatic ring is 1. The van der Waals surface area contributed by atoms with Gasteiger partial charge < -0.3 is 5.73 Å². The van der Waals surface area contributed by atoms with Crippen LogP contribution in [-0.2, 0) is 0 Å². The molecule has 0 saturated carbocycles. The molecule has 0 aliphatic carbocycles. The summed E-state index contributed by atoms with van der Waals surface area (Å²) >= 11 is 12.4. The second-order valence-electron chi connectivity index (χ2n) is 4.22. The smallest absolute Gasteiger partial charge is 0.206 e. The molecule has 0 fully saturated rings. The van der Waals surface area contributed by atoms with E-state index in [9.17, 15) is 0 Å². The largest absolute Gasteiger partial charge is 0.369 e. The molecule has 2 N–H and O–H groups in total. The number of halogens is 2. The molecule has 0 bridgehead atoms. The zero-order valence-electron chi connectivity index (χ0n) is 10.1. The molecule has 6 heteroatoms. The first-order valence-electron chi connectivity index (χ1n) is 5.62. The van der Waals surface area contributed by atoms with Crippen LogP contribution < -0.4 is 5.73 Å². The van der Waals surface area contributed by atoms with Crippen molar-refractivity contribution >= 4 is 40.2 Å². The maximum absolute atomic E-state index is 6.29. The van der Waals surface area contributed by atoms with Gasteiger partial charge in [-0.2, -0.15) is 0 Å². The Kier molecular flexibility index (Phi) is 2.84. The van der Waals surface area contributed by atoms with Gasteiger partial charge in [-0.1, -0.05) is 23.2 Å². The zero-order chi connectivity index (χ0) is 13.6. The number of aryl methyl sites for hydroxylation is 1. The molecule has 2 aromatic heterocycles. The summed E-state index contributed by atoms with van der Waals surface area (Å²) in [6, 6.07) is 5.44. The van der Waals surface area contributed by atoms with E-state index >= 15 is 0 Å². The first-order valence-corrected chi connectivity index (χ1v) is 6.37. The quantitative estimate of drug-likeness (QED) is 0.745. The van der Waals surface area contributed by atoms with Crippen molar-refractivity contribution < 1.29 is 0 Å². The Balaban J connectivity index is 2.36. The molecule has 0 radical (unpaired) electrons. The van der Waals surface area contributed by atoms with Gasteiger partial charge in [0.05, 0.1) is 22.4 Å². The van der Waals surface area contributed by atoms with Gasteiger partial charge >= 0.3 is 0 Å². The number of rotatable bonds is 1. The highest BCUT2D eigenvalue weighted by molar-refractivity contribution is 6.35. The number of hydrogen-bond donors (Lipinski definition) is 1. The highest BCUT2D eigenvalue weighted by Crippen LogP contribution is 2.31. The van der Waals surface area contributed by atoms with Crippen LogP contribution in [0.2, 0.25) is 10.0 Å². The van der Waals surface area contributed by atoms with Crippen molar-refractivity contribution in [2.75, 3.05) is 5.73 Å². The third-order valence-corrected chi connectivity index (χ3v) is 3.66. The highest BCUT2D eigenvalue weighted by Gasteiger charge is 2.14. The van der Waals surface area contributed by atoms with Crippen LogP contribution in [0.1, 0.15) is 5.56 Å². The normalized spacial score (nSPS) is 11.1. The van der Waals surface area contributed by atoms with Gasteiger partial charge in [0.1, 0.15) is 5.52 Å². The predicted octanol–water partition coefficient (Wildman–Crippen LogP) is 3.62. The molecule has 19 heavy (non-hydrogen) atoms.